The Morgan fingerprint density at radius 2 is 1.83 bits per heavy atom. The molecule has 3 aromatic rings. The van der Waals surface area contributed by atoms with Crippen molar-refractivity contribution in [1.82, 2.24) is 24.8 Å². The van der Waals surface area contributed by atoms with Crippen LogP contribution in [0.2, 0.25) is 0 Å². The second-order valence-electron chi connectivity index (χ2n) is 7.18. The van der Waals surface area contributed by atoms with Gasteiger partial charge in [0.2, 0.25) is 5.95 Å². The highest BCUT2D eigenvalue weighted by molar-refractivity contribution is 7.18. The predicted octanol–water partition coefficient (Wildman–Crippen LogP) is 3.06. The minimum Gasteiger partial charge on any atom is -0.424 e. The number of benzene rings is 1. The number of carbonyl (C=O) groups excluding carboxylic acids is 1. The molecule has 1 saturated heterocycles. The van der Waals surface area contributed by atoms with Gasteiger partial charge in [-0.05, 0) is 43.5 Å². The number of amides is 1. The number of carbonyl (C=O) groups is 1. The van der Waals surface area contributed by atoms with E-state index in [0.29, 0.717) is 28.2 Å². The number of hydrogen-bond donors (Lipinski definition) is 1. The first kappa shape index (κ1) is 20.0. The Morgan fingerprint density at radius 1 is 1.10 bits per heavy atom. The third kappa shape index (κ3) is 4.48. The molecule has 0 aliphatic carbocycles. The maximum absolute atomic E-state index is 12.1. The first-order valence-corrected chi connectivity index (χ1v) is 10.5. The molecule has 1 amide bonds. The van der Waals surface area contributed by atoms with E-state index in [-0.39, 0.29) is 11.9 Å². The number of thiazole rings is 1. The van der Waals surface area contributed by atoms with Crippen molar-refractivity contribution >= 4 is 28.3 Å². The van der Waals surface area contributed by atoms with Gasteiger partial charge in [-0.2, -0.15) is 15.0 Å². The third-order valence-corrected chi connectivity index (χ3v) is 5.52. The molecule has 1 fully saturated rings. The fraction of sp³-hybridized carbons (Fsp3) is 0.350. The van der Waals surface area contributed by atoms with Crippen molar-refractivity contribution in [3.8, 4) is 22.5 Å². The van der Waals surface area contributed by atoms with Gasteiger partial charge in [0.25, 0.3) is 5.91 Å². The smallest absolute Gasteiger partial charge is 0.327 e. The van der Waals surface area contributed by atoms with Crippen LogP contribution >= 0.6 is 11.3 Å². The van der Waals surface area contributed by atoms with Crippen molar-refractivity contribution in [2.24, 2.45) is 0 Å². The van der Waals surface area contributed by atoms with Crippen LogP contribution < -0.4 is 15.4 Å². The predicted molar refractivity (Wildman–Crippen MR) is 116 cm³/mol. The molecule has 1 aliphatic rings. The standard InChI is InChI=1S/C20H23N7O2S/c1-26(2)17(28)13-6-8-14(9-7-13)29-20-24-16(15-12-22-18(21)30-15)23-19(25-20)27-10-4-3-5-11-27/h6-9,12H,3-5,10-11H2,1-2H3,(H2,21,22). The lowest BCUT2D eigenvalue weighted by Gasteiger charge is -2.26. The molecule has 4 rings (SSSR count). The minimum atomic E-state index is -0.0702. The third-order valence-electron chi connectivity index (χ3n) is 4.70. The molecule has 2 aromatic heterocycles. The van der Waals surface area contributed by atoms with Crippen LogP contribution in [0.15, 0.2) is 30.5 Å². The molecule has 0 bridgehead atoms. The van der Waals surface area contributed by atoms with Crippen molar-refractivity contribution < 1.29 is 9.53 Å². The number of piperidine rings is 1. The fourth-order valence-electron chi connectivity index (χ4n) is 3.16. The Kier molecular flexibility index (Phi) is 5.75. The molecule has 156 valence electrons. The zero-order valence-electron chi connectivity index (χ0n) is 16.9. The molecule has 0 spiro atoms. The Bertz CT molecular complexity index is 1030. The summed E-state index contributed by atoms with van der Waals surface area (Å²) in [5.74, 6) is 1.53. The normalized spacial score (nSPS) is 13.9. The Hall–Kier alpha value is -3.27. The Balaban J connectivity index is 1.63. The number of nitrogens with zero attached hydrogens (tertiary/aromatic N) is 6. The SMILES string of the molecule is CN(C)C(=O)c1ccc(Oc2nc(-c3cnc(N)s3)nc(N3CCCCC3)n2)cc1. The molecule has 9 nitrogen and oxygen atoms in total. The Morgan fingerprint density at radius 3 is 2.47 bits per heavy atom. The summed E-state index contributed by atoms with van der Waals surface area (Å²) >= 11 is 1.32. The highest BCUT2D eigenvalue weighted by atomic mass is 32.1. The molecular weight excluding hydrogens is 402 g/mol. The summed E-state index contributed by atoms with van der Waals surface area (Å²) in [6.07, 6.45) is 5.07. The van der Waals surface area contributed by atoms with E-state index in [1.54, 1.807) is 44.6 Å². The van der Waals surface area contributed by atoms with Crippen LogP contribution in [-0.2, 0) is 0 Å². The maximum atomic E-state index is 12.1. The lowest BCUT2D eigenvalue weighted by Crippen LogP contribution is -2.31. The highest BCUT2D eigenvalue weighted by Gasteiger charge is 2.19. The van der Waals surface area contributed by atoms with Crippen molar-refractivity contribution in [1.29, 1.82) is 0 Å². The molecule has 0 saturated carbocycles. The highest BCUT2D eigenvalue weighted by Crippen LogP contribution is 2.29. The zero-order valence-corrected chi connectivity index (χ0v) is 17.7. The van der Waals surface area contributed by atoms with Crippen LogP contribution in [0, 0.1) is 0 Å². The van der Waals surface area contributed by atoms with Crippen LogP contribution in [0.3, 0.4) is 0 Å². The summed E-state index contributed by atoms with van der Waals surface area (Å²) < 4.78 is 5.91. The van der Waals surface area contributed by atoms with E-state index in [2.05, 4.69) is 24.8 Å². The van der Waals surface area contributed by atoms with E-state index in [1.807, 2.05) is 0 Å². The minimum absolute atomic E-state index is 0.0702. The molecular formula is C20H23N7O2S. The second-order valence-corrected chi connectivity index (χ2v) is 8.24. The zero-order chi connectivity index (χ0) is 21.1. The quantitative estimate of drug-likeness (QED) is 0.664. The molecule has 10 heteroatoms. The summed E-state index contributed by atoms with van der Waals surface area (Å²) in [6.45, 7) is 1.80. The molecule has 0 radical (unpaired) electrons. The average molecular weight is 426 g/mol. The lowest BCUT2D eigenvalue weighted by atomic mass is 10.1. The van der Waals surface area contributed by atoms with Crippen LogP contribution in [0.4, 0.5) is 11.1 Å². The lowest BCUT2D eigenvalue weighted by molar-refractivity contribution is 0.0827. The molecule has 2 N–H and O–H groups in total. The van der Waals surface area contributed by atoms with Gasteiger partial charge in [0.1, 0.15) is 5.75 Å². The molecule has 0 unspecified atom stereocenters. The molecule has 1 aliphatic heterocycles. The van der Waals surface area contributed by atoms with Gasteiger partial charge in [-0.15, -0.1) is 0 Å². The van der Waals surface area contributed by atoms with Gasteiger partial charge in [0, 0.05) is 32.7 Å². The first-order chi connectivity index (χ1) is 14.5. The van der Waals surface area contributed by atoms with E-state index in [1.165, 1.54) is 22.7 Å². The van der Waals surface area contributed by atoms with Gasteiger partial charge >= 0.3 is 6.01 Å². The largest absolute Gasteiger partial charge is 0.424 e. The number of rotatable bonds is 5. The van der Waals surface area contributed by atoms with E-state index >= 15 is 0 Å². The number of hydrogen-bond acceptors (Lipinski definition) is 9. The van der Waals surface area contributed by atoms with E-state index < -0.39 is 0 Å². The number of nitrogen functional groups attached to an aromatic ring is 1. The second kappa shape index (κ2) is 8.62. The van der Waals surface area contributed by atoms with Crippen LogP contribution in [0.25, 0.3) is 10.7 Å². The topological polar surface area (TPSA) is 110 Å². The van der Waals surface area contributed by atoms with E-state index in [0.717, 1.165) is 30.8 Å². The van der Waals surface area contributed by atoms with Crippen molar-refractivity contribution in [3.05, 3.63) is 36.0 Å². The average Bonchev–Trinajstić information content (AvgIpc) is 3.20. The fourth-order valence-corrected chi connectivity index (χ4v) is 3.78. The summed E-state index contributed by atoms with van der Waals surface area (Å²) in [4.78, 5) is 34.2. The van der Waals surface area contributed by atoms with E-state index in [9.17, 15) is 4.79 Å². The maximum Gasteiger partial charge on any atom is 0.327 e. The van der Waals surface area contributed by atoms with Crippen molar-refractivity contribution in [2.75, 3.05) is 37.8 Å². The van der Waals surface area contributed by atoms with Gasteiger partial charge in [-0.1, -0.05) is 11.3 Å². The number of anilines is 2. The van der Waals surface area contributed by atoms with Crippen molar-refractivity contribution in [3.63, 3.8) is 0 Å². The van der Waals surface area contributed by atoms with Gasteiger partial charge < -0.3 is 20.3 Å². The summed E-state index contributed by atoms with van der Waals surface area (Å²) in [6, 6.07) is 7.08. The molecule has 0 atom stereocenters. The molecule has 3 heterocycles. The van der Waals surface area contributed by atoms with Crippen LogP contribution in [0.1, 0.15) is 29.6 Å². The first-order valence-electron chi connectivity index (χ1n) is 9.72. The van der Waals surface area contributed by atoms with Gasteiger partial charge in [-0.25, -0.2) is 4.98 Å². The summed E-state index contributed by atoms with van der Waals surface area (Å²) in [5.41, 5.74) is 6.36. The van der Waals surface area contributed by atoms with Gasteiger partial charge in [0.05, 0.1) is 11.1 Å². The number of nitrogens with two attached hydrogens (primary N) is 1. The summed E-state index contributed by atoms with van der Waals surface area (Å²) in [7, 11) is 3.43. The van der Waals surface area contributed by atoms with E-state index in [4.69, 9.17) is 10.5 Å². The molecule has 30 heavy (non-hydrogen) atoms. The van der Waals surface area contributed by atoms with Crippen molar-refractivity contribution in [2.45, 2.75) is 19.3 Å². The number of aromatic nitrogens is 4. The van der Waals surface area contributed by atoms with Gasteiger partial charge in [0.15, 0.2) is 11.0 Å². The summed E-state index contributed by atoms with van der Waals surface area (Å²) in [5, 5.41) is 0.452. The monoisotopic (exact) mass is 425 g/mol. The molecule has 1 aromatic carbocycles. The number of ether oxygens (including phenoxy) is 1. The van der Waals surface area contributed by atoms with Crippen LogP contribution in [0.5, 0.6) is 11.8 Å². The Labute approximate surface area is 178 Å². The van der Waals surface area contributed by atoms with Crippen LogP contribution in [-0.4, -0.2) is 57.9 Å². The van der Waals surface area contributed by atoms with Gasteiger partial charge in [-0.3, -0.25) is 4.79 Å².